The second-order valence-corrected chi connectivity index (χ2v) is 8.31. The number of halogens is 2. The highest BCUT2D eigenvalue weighted by atomic mass is 19.1. The van der Waals surface area contributed by atoms with Gasteiger partial charge in [-0.2, -0.15) is 21.0 Å². The number of nitriles is 4. The summed E-state index contributed by atoms with van der Waals surface area (Å²) < 4.78 is 33.6. The lowest BCUT2D eigenvalue weighted by atomic mass is 9.45. The average molecular weight is 470 g/mol. The molecule has 1 aliphatic rings. The van der Waals surface area contributed by atoms with Crippen LogP contribution >= 0.6 is 0 Å². The normalized spacial score (nSPS) is 21.9. The minimum atomic E-state index is -2.16. The van der Waals surface area contributed by atoms with E-state index in [2.05, 4.69) is 6.58 Å². The van der Waals surface area contributed by atoms with Gasteiger partial charge in [-0.25, -0.2) is 13.6 Å². The summed E-state index contributed by atoms with van der Waals surface area (Å²) in [5.41, 5.74) is -4.12. The van der Waals surface area contributed by atoms with Gasteiger partial charge in [-0.1, -0.05) is 30.8 Å². The van der Waals surface area contributed by atoms with Crippen LogP contribution in [0.4, 0.5) is 8.78 Å². The van der Waals surface area contributed by atoms with E-state index in [1.807, 2.05) is 24.3 Å². The van der Waals surface area contributed by atoms with Crippen molar-refractivity contribution in [3.63, 3.8) is 0 Å². The van der Waals surface area contributed by atoms with Gasteiger partial charge in [0.25, 0.3) is 0 Å². The molecule has 0 N–H and O–H groups in total. The van der Waals surface area contributed by atoms with Gasteiger partial charge < -0.3 is 4.74 Å². The van der Waals surface area contributed by atoms with Crippen LogP contribution in [-0.4, -0.2) is 12.6 Å². The van der Waals surface area contributed by atoms with Crippen LogP contribution in [-0.2, 0) is 9.53 Å². The second kappa shape index (κ2) is 9.76. The molecule has 0 saturated heterocycles. The molecule has 0 spiro atoms. The van der Waals surface area contributed by atoms with E-state index in [-0.39, 0.29) is 29.7 Å². The van der Waals surface area contributed by atoms with Gasteiger partial charge in [0.2, 0.25) is 0 Å². The van der Waals surface area contributed by atoms with Crippen LogP contribution in [0, 0.1) is 73.7 Å². The van der Waals surface area contributed by atoms with Gasteiger partial charge in [-0.15, -0.1) is 0 Å². The molecule has 8 heteroatoms. The van der Waals surface area contributed by atoms with Crippen molar-refractivity contribution >= 4 is 5.97 Å². The molecule has 0 unspecified atom stereocenters. The Morgan fingerprint density at radius 3 is 1.97 bits per heavy atom. The highest BCUT2D eigenvalue weighted by Crippen LogP contribution is 2.64. The minimum absolute atomic E-state index is 0.0116. The molecule has 1 fully saturated rings. The molecule has 174 valence electrons. The summed E-state index contributed by atoms with van der Waals surface area (Å²) in [5, 5.41) is 41.5. The quantitative estimate of drug-likeness (QED) is 0.446. The number of hydrogen-bond donors (Lipinski definition) is 0. The van der Waals surface area contributed by atoms with E-state index >= 15 is 0 Å². The van der Waals surface area contributed by atoms with Gasteiger partial charge in [-0.3, -0.25) is 0 Å². The number of hydrogen-bond acceptors (Lipinski definition) is 6. The summed E-state index contributed by atoms with van der Waals surface area (Å²) in [7, 11) is 0. The molecule has 0 aliphatic heterocycles. The molecule has 0 radical (unpaired) electrons. The van der Waals surface area contributed by atoms with Crippen LogP contribution in [0.5, 0.6) is 0 Å². The minimum Gasteiger partial charge on any atom is -0.463 e. The van der Waals surface area contributed by atoms with Crippen molar-refractivity contribution in [1.82, 2.24) is 0 Å². The van der Waals surface area contributed by atoms with Gasteiger partial charge in [0, 0.05) is 23.3 Å². The lowest BCUT2D eigenvalue weighted by molar-refractivity contribution is -0.139. The SMILES string of the molecule is C=C(C(=O)OCC)[C@H]1C[C@@H](c2cccc(F)c2)C(C#N)(C#N)[C@@H](c2cccc(F)c2)C1(C#N)C#N. The number of ether oxygens (including phenoxy) is 1. The Bertz CT molecular complexity index is 1310. The lowest BCUT2D eigenvalue weighted by Gasteiger charge is -2.50. The molecule has 1 saturated carbocycles. The Morgan fingerprint density at radius 1 is 0.971 bits per heavy atom. The third-order valence-corrected chi connectivity index (χ3v) is 6.61. The van der Waals surface area contributed by atoms with Crippen molar-refractivity contribution in [2.24, 2.45) is 16.7 Å². The lowest BCUT2D eigenvalue weighted by Crippen LogP contribution is -2.52. The molecule has 6 nitrogen and oxygen atoms in total. The van der Waals surface area contributed by atoms with Crippen molar-refractivity contribution in [1.29, 1.82) is 21.0 Å². The van der Waals surface area contributed by atoms with E-state index in [1.54, 1.807) is 6.92 Å². The fraction of sp³-hybridized carbons (Fsp3) is 0.296. The van der Waals surface area contributed by atoms with Crippen molar-refractivity contribution in [2.75, 3.05) is 6.61 Å². The zero-order valence-corrected chi connectivity index (χ0v) is 18.8. The third kappa shape index (κ3) is 4.01. The predicted molar refractivity (Wildman–Crippen MR) is 119 cm³/mol. The first-order chi connectivity index (χ1) is 16.7. The molecule has 0 bridgehead atoms. The number of esters is 1. The van der Waals surface area contributed by atoms with Crippen molar-refractivity contribution < 1.29 is 18.3 Å². The third-order valence-electron chi connectivity index (χ3n) is 6.61. The molecule has 1 aliphatic carbocycles. The van der Waals surface area contributed by atoms with Gasteiger partial charge in [0.15, 0.2) is 10.8 Å². The number of benzene rings is 2. The summed E-state index contributed by atoms with van der Waals surface area (Å²) in [5.74, 6) is -5.91. The van der Waals surface area contributed by atoms with E-state index in [0.717, 1.165) is 18.2 Å². The van der Waals surface area contributed by atoms with Crippen molar-refractivity contribution in [3.05, 3.63) is 83.4 Å². The molecule has 3 rings (SSSR count). The molecule has 0 heterocycles. The average Bonchev–Trinajstić information content (AvgIpc) is 2.86. The van der Waals surface area contributed by atoms with Crippen LogP contribution in [0.15, 0.2) is 60.7 Å². The number of nitrogens with zero attached hydrogens (tertiary/aromatic N) is 4. The highest BCUT2D eigenvalue weighted by molar-refractivity contribution is 5.89. The standard InChI is InChI=1S/C27H20F2N4O2/c1-3-35-25(34)17(2)22-12-23(18-6-4-8-20(28)10-18)27(15-32,16-33)24(26(22,13-30)14-31)19-7-5-9-21(29)11-19/h4-11,22-24H,2-3,12H2,1H3/t22-,23+,24+/m1/s1. The first-order valence-corrected chi connectivity index (χ1v) is 10.8. The first kappa shape index (κ1) is 25.1. The highest BCUT2D eigenvalue weighted by Gasteiger charge is 2.66. The molecular weight excluding hydrogens is 450 g/mol. The van der Waals surface area contributed by atoms with E-state index in [1.165, 1.54) is 30.3 Å². The molecule has 0 aromatic heterocycles. The smallest absolute Gasteiger partial charge is 0.333 e. The maximum Gasteiger partial charge on any atom is 0.333 e. The van der Waals surface area contributed by atoms with Gasteiger partial charge in [-0.05, 0) is 48.7 Å². The maximum atomic E-state index is 14.3. The fourth-order valence-corrected chi connectivity index (χ4v) is 5.11. The fourth-order valence-electron chi connectivity index (χ4n) is 5.11. The summed E-state index contributed by atoms with van der Waals surface area (Å²) in [4.78, 5) is 12.7. The summed E-state index contributed by atoms with van der Waals surface area (Å²) in [6.45, 7) is 5.38. The second-order valence-electron chi connectivity index (χ2n) is 8.31. The van der Waals surface area contributed by atoms with Gasteiger partial charge in [0.05, 0.1) is 30.9 Å². The maximum absolute atomic E-state index is 14.3. The van der Waals surface area contributed by atoms with Crippen molar-refractivity contribution in [3.8, 4) is 24.3 Å². The van der Waals surface area contributed by atoms with Gasteiger partial charge >= 0.3 is 5.97 Å². The molecule has 2 aromatic rings. The topological polar surface area (TPSA) is 121 Å². The molecule has 3 atom stereocenters. The number of rotatable bonds is 5. The van der Waals surface area contributed by atoms with Crippen LogP contribution in [0.25, 0.3) is 0 Å². The zero-order chi connectivity index (χ0) is 25.8. The molecule has 35 heavy (non-hydrogen) atoms. The summed E-state index contributed by atoms with van der Waals surface area (Å²) in [6.07, 6.45) is -0.213. The summed E-state index contributed by atoms with van der Waals surface area (Å²) >= 11 is 0. The van der Waals surface area contributed by atoms with Crippen LogP contribution in [0.2, 0.25) is 0 Å². The summed E-state index contributed by atoms with van der Waals surface area (Å²) in [6, 6.07) is 18.1. The number of carbonyl (C=O) groups is 1. The largest absolute Gasteiger partial charge is 0.463 e. The van der Waals surface area contributed by atoms with Gasteiger partial charge in [0.1, 0.15) is 11.6 Å². The Labute approximate surface area is 201 Å². The Balaban J connectivity index is 2.42. The zero-order valence-electron chi connectivity index (χ0n) is 18.8. The van der Waals surface area contributed by atoms with Crippen LogP contribution in [0.3, 0.4) is 0 Å². The molecule has 0 amide bonds. The van der Waals surface area contributed by atoms with E-state index in [0.29, 0.717) is 0 Å². The Kier molecular flexibility index (Phi) is 7.00. The van der Waals surface area contributed by atoms with Crippen LogP contribution in [0.1, 0.15) is 36.3 Å². The van der Waals surface area contributed by atoms with Crippen molar-refractivity contribution in [2.45, 2.75) is 25.2 Å². The number of carbonyl (C=O) groups excluding carboxylic acids is 1. The monoisotopic (exact) mass is 470 g/mol. The Morgan fingerprint density at radius 2 is 1.49 bits per heavy atom. The Hall–Kier alpha value is -4.53. The van der Waals surface area contributed by atoms with E-state index in [9.17, 15) is 34.6 Å². The van der Waals surface area contributed by atoms with E-state index in [4.69, 9.17) is 4.74 Å². The predicted octanol–water partition coefficient (Wildman–Crippen LogP) is 5.04. The first-order valence-electron chi connectivity index (χ1n) is 10.8. The molecular formula is C27H20F2N4O2. The van der Waals surface area contributed by atoms with E-state index < -0.39 is 46.2 Å². The van der Waals surface area contributed by atoms with Crippen LogP contribution < -0.4 is 0 Å². The molecule has 2 aromatic carbocycles.